The number of nitrogens with two attached hydrogens (primary N) is 1. The fourth-order valence-corrected chi connectivity index (χ4v) is 4.41. The van der Waals surface area contributed by atoms with Gasteiger partial charge in [0.25, 0.3) is 0 Å². The summed E-state index contributed by atoms with van der Waals surface area (Å²) >= 11 is 11.9. The van der Waals surface area contributed by atoms with Gasteiger partial charge in [-0.15, -0.1) is 0 Å². The predicted molar refractivity (Wildman–Crippen MR) is 94.5 cm³/mol. The first-order valence-electron chi connectivity index (χ1n) is 8.22. The van der Waals surface area contributed by atoms with E-state index in [1.807, 2.05) is 0 Å². The Balaban J connectivity index is 1.82. The number of hydrogen-bond acceptors (Lipinski definition) is 6. The lowest BCUT2D eigenvalue weighted by Gasteiger charge is -2.28. The van der Waals surface area contributed by atoms with Gasteiger partial charge in [0, 0.05) is 6.92 Å². The van der Waals surface area contributed by atoms with Crippen molar-refractivity contribution in [3.8, 4) is 0 Å². The molecule has 1 amide bonds. The molecule has 3 rings (SSSR count). The topological polar surface area (TPSA) is 128 Å². The second-order valence-electron chi connectivity index (χ2n) is 6.73. The van der Waals surface area contributed by atoms with Crippen LogP contribution in [0.5, 0.6) is 0 Å². The van der Waals surface area contributed by atoms with E-state index in [0.717, 1.165) is 0 Å². The van der Waals surface area contributed by atoms with Gasteiger partial charge < -0.3 is 20.0 Å². The molecule has 0 heterocycles. The highest BCUT2D eigenvalue weighted by Gasteiger charge is 2.72. The lowest BCUT2D eigenvalue weighted by molar-refractivity contribution is -0.157. The third-order valence-corrected chi connectivity index (χ3v) is 5.88. The van der Waals surface area contributed by atoms with Crippen molar-refractivity contribution < 1.29 is 29.1 Å². The molecule has 10 heteroatoms. The summed E-state index contributed by atoms with van der Waals surface area (Å²) < 4.78 is 5.90. The van der Waals surface area contributed by atoms with Gasteiger partial charge in [-0.3, -0.25) is 9.59 Å². The average molecular weight is 417 g/mol. The summed E-state index contributed by atoms with van der Waals surface area (Å²) in [4.78, 5) is 39.6. The third kappa shape index (κ3) is 3.75. The molecule has 6 atom stereocenters. The standard InChI is InChI=1S/C17H18Cl2N2O6/c1-6(22)21-14-11-10(12(11)16(23)24)13(17(25)27-20)15(14)26-5-7-2-3-8(18)9(19)4-7/h2-4,10-15H,5,20H2,1H3,(H,21,22)(H,23,24). The minimum absolute atomic E-state index is 0.0865. The molecule has 0 spiro atoms. The Morgan fingerprint density at radius 1 is 1.19 bits per heavy atom. The largest absolute Gasteiger partial charge is 0.481 e. The molecule has 2 aliphatic carbocycles. The van der Waals surface area contributed by atoms with E-state index in [9.17, 15) is 19.5 Å². The first kappa shape index (κ1) is 19.9. The van der Waals surface area contributed by atoms with Crippen LogP contribution in [0.2, 0.25) is 10.0 Å². The minimum atomic E-state index is -1.03. The van der Waals surface area contributed by atoms with Gasteiger partial charge in [-0.1, -0.05) is 29.3 Å². The number of amides is 1. The van der Waals surface area contributed by atoms with E-state index in [1.165, 1.54) is 6.92 Å². The summed E-state index contributed by atoms with van der Waals surface area (Å²) in [6.45, 7) is 1.40. The van der Waals surface area contributed by atoms with Crippen LogP contribution in [-0.2, 0) is 30.6 Å². The number of carboxylic acid groups (broad SMARTS) is 1. The zero-order valence-corrected chi connectivity index (χ0v) is 15.7. The van der Waals surface area contributed by atoms with Crippen molar-refractivity contribution in [2.45, 2.75) is 25.7 Å². The van der Waals surface area contributed by atoms with E-state index in [4.69, 9.17) is 33.8 Å². The summed E-state index contributed by atoms with van der Waals surface area (Å²) in [5.41, 5.74) is 0.709. The maximum Gasteiger partial charge on any atom is 0.330 e. The number of rotatable bonds is 6. The third-order valence-electron chi connectivity index (χ3n) is 5.14. The van der Waals surface area contributed by atoms with E-state index < -0.39 is 47.8 Å². The van der Waals surface area contributed by atoms with Crippen LogP contribution in [0.25, 0.3) is 0 Å². The molecule has 27 heavy (non-hydrogen) atoms. The minimum Gasteiger partial charge on any atom is -0.481 e. The molecule has 2 saturated carbocycles. The molecule has 0 bridgehead atoms. The Kier molecular flexibility index (Phi) is 5.62. The van der Waals surface area contributed by atoms with E-state index in [1.54, 1.807) is 18.2 Å². The van der Waals surface area contributed by atoms with Crippen molar-refractivity contribution in [2.24, 2.45) is 29.6 Å². The zero-order chi connectivity index (χ0) is 19.9. The molecule has 4 N–H and O–H groups in total. The maximum atomic E-state index is 12.2. The van der Waals surface area contributed by atoms with E-state index in [-0.39, 0.29) is 12.5 Å². The second kappa shape index (κ2) is 7.63. The van der Waals surface area contributed by atoms with Crippen molar-refractivity contribution in [3.05, 3.63) is 33.8 Å². The van der Waals surface area contributed by atoms with Crippen molar-refractivity contribution in [1.82, 2.24) is 5.32 Å². The molecule has 1 aromatic rings. The monoisotopic (exact) mass is 416 g/mol. The summed E-state index contributed by atoms with van der Waals surface area (Å²) in [6.07, 6.45) is -0.773. The summed E-state index contributed by atoms with van der Waals surface area (Å²) in [5, 5.41) is 12.8. The molecule has 0 aliphatic heterocycles. The summed E-state index contributed by atoms with van der Waals surface area (Å²) in [5.74, 6) is 0.325. The predicted octanol–water partition coefficient (Wildman–Crippen LogP) is 1.38. The molecule has 2 fully saturated rings. The SMILES string of the molecule is CC(=O)NC1C(OCc2ccc(Cl)c(Cl)c2)C(C(=O)ON)C2C(C(=O)O)C12. The molecule has 1 aromatic carbocycles. The number of carbonyl (C=O) groups is 3. The Labute approximate surface area is 164 Å². The maximum absolute atomic E-state index is 12.2. The summed E-state index contributed by atoms with van der Waals surface area (Å²) in [7, 11) is 0. The van der Waals surface area contributed by atoms with Crippen molar-refractivity contribution in [1.29, 1.82) is 0 Å². The Hall–Kier alpha value is -1.87. The molecule has 0 aromatic heterocycles. The molecule has 146 valence electrons. The van der Waals surface area contributed by atoms with E-state index in [0.29, 0.717) is 15.6 Å². The normalized spacial score (nSPS) is 31.1. The first-order valence-corrected chi connectivity index (χ1v) is 8.98. The highest BCUT2D eigenvalue weighted by atomic mass is 35.5. The quantitative estimate of drug-likeness (QED) is 0.597. The Morgan fingerprint density at radius 2 is 1.89 bits per heavy atom. The number of halogens is 2. The van der Waals surface area contributed by atoms with Crippen LogP contribution < -0.4 is 11.2 Å². The highest BCUT2D eigenvalue weighted by molar-refractivity contribution is 6.42. The smallest absolute Gasteiger partial charge is 0.330 e. The molecule has 0 saturated heterocycles. The number of fused-ring (bicyclic) bond motifs is 1. The van der Waals surface area contributed by atoms with Gasteiger partial charge in [0.2, 0.25) is 5.91 Å². The fourth-order valence-electron chi connectivity index (χ4n) is 4.09. The first-order chi connectivity index (χ1) is 12.8. The van der Waals surface area contributed by atoms with E-state index in [2.05, 4.69) is 10.2 Å². The van der Waals surface area contributed by atoms with Crippen LogP contribution in [0.15, 0.2) is 18.2 Å². The van der Waals surface area contributed by atoms with Gasteiger partial charge in [-0.2, -0.15) is 5.90 Å². The van der Waals surface area contributed by atoms with Crippen LogP contribution >= 0.6 is 23.2 Å². The molecule has 2 aliphatic rings. The number of aliphatic carboxylic acids is 1. The van der Waals surface area contributed by atoms with Gasteiger partial charge in [-0.25, -0.2) is 4.79 Å². The van der Waals surface area contributed by atoms with Gasteiger partial charge >= 0.3 is 11.9 Å². The number of hydrogen-bond donors (Lipinski definition) is 3. The van der Waals surface area contributed by atoms with Crippen LogP contribution in [-0.4, -0.2) is 35.1 Å². The lowest BCUT2D eigenvalue weighted by Crippen LogP contribution is -2.48. The molecule has 8 nitrogen and oxygen atoms in total. The zero-order valence-electron chi connectivity index (χ0n) is 14.2. The Bertz CT molecular complexity index is 789. The average Bonchev–Trinajstić information content (AvgIpc) is 3.26. The van der Waals surface area contributed by atoms with Gasteiger partial charge in [0.15, 0.2) is 0 Å². The summed E-state index contributed by atoms with van der Waals surface area (Å²) in [6, 6.07) is 4.32. The van der Waals surface area contributed by atoms with Gasteiger partial charge in [0.05, 0.1) is 40.6 Å². The molecular weight excluding hydrogens is 399 g/mol. The van der Waals surface area contributed by atoms with Crippen LogP contribution in [0.3, 0.4) is 0 Å². The van der Waals surface area contributed by atoms with Crippen molar-refractivity contribution in [2.75, 3.05) is 0 Å². The van der Waals surface area contributed by atoms with E-state index >= 15 is 0 Å². The lowest BCUT2D eigenvalue weighted by atomic mass is 9.94. The number of benzene rings is 1. The van der Waals surface area contributed by atoms with Crippen LogP contribution in [0.1, 0.15) is 12.5 Å². The molecule has 0 radical (unpaired) electrons. The van der Waals surface area contributed by atoms with Gasteiger partial charge in [0.1, 0.15) is 0 Å². The Morgan fingerprint density at radius 3 is 2.44 bits per heavy atom. The number of carbonyl (C=O) groups excluding carboxylic acids is 2. The highest BCUT2D eigenvalue weighted by Crippen LogP contribution is 2.61. The fraction of sp³-hybridized carbons (Fsp3) is 0.471. The molecular formula is C17H18Cl2N2O6. The number of nitrogens with one attached hydrogen (secondary N) is 1. The van der Waals surface area contributed by atoms with Crippen molar-refractivity contribution in [3.63, 3.8) is 0 Å². The molecule has 6 unspecified atom stereocenters. The van der Waals surface area contributed by atoms with Crippen molar-refractivity contribution >= 4 is 41.0 Å². The van der Waals surface area contributed by atoms with Crippen LogP contribution in [0.4, 0.5) is 0 Å². The van der Waals surface area contributed by atoms with Gasteiger partial charge in [-0.05, 0) is 29.5 Å². The second-order valence-corrected chi connectivity index (χ2v) is 7.55. The number of carboxylic acids is 1. The van der Waals surface area contributed by atoms with Crippen LogP contribution in [0, 0.1) is 23.7 Å². The number of ether oxygens (including phenoxy) is 1.